The van der Waals surface area contributed by atoms with Gasteiger partial charge in [-0.1, -0.05) is 59.8 Å². The number of carbonyl (C=O) groups is 1. The molecule has 6 nitrogen and oxygen atoms in total. The summed E-state index contributed by atoms with van der Waals surface area (Å²) in [6.07, 6.45) is 0. The van der Waals surface area contributed by atoms with Gasteiger partial charge in [0.25, 0.3) is 5.91 Å². The molecule has 1 aromatic heterocycles. The number of ether oxygens (including phenoxy) is 1. The highest BCUT2D eigenvalue weighted by Crippen LogP contribution is 2.28. The lowest BCUT2D eigenvalue weighted by Crippen LogP contribution is -2.24. The number of aromatic nitrogens is 3. The molecule has 0 radical (unpaired) electrons. The van der Waals surface area contributed by atoms with E-state index in [1.54, 1.807) is 43.1 Å². The van der Waals surface area contributed by atoms with Gasteiger partial charge in [-0.15, -0.1) is 10.2 Å². The summed E-state index contributed by atoms with van der Waals surface area (Å²) < 4.78 is 7.12. The average Bonchev–Trinajstić information content (AvgIpc) is 3.26. The van der Waals surface area contributed by atoms with Gasteiger partial charge in [-0.05, 0) is 54.4 Å². The van der Waals surface area contributed by atoms with Crippen molar-refractivity contribution in [2.24, 2.45) is 0 Å². The monoisotopic (exact) mass is 478 g/mol. The van der Waals surface area contributed by atoms with Gasteiger partial charge >= 0.3 is 0 Å². The van der Waals surface area contributed by atoms with Gasteiger partial charge in [0.2, 0.25) is 0 Å². The molecule has 8 heteroatoms. The van der Waals surface area contributed by atoms with Crippen LogP contribution in [0.25, 0.3) is 5.69 Å². The number of hydrogen-bond acceptors (Lipinski definition) is 5. The number of thioether (sulfide) groups is 1. The molecule has 1 amide bonds. The maximum atomic E-state index is 12.7. The van der Waals surface area contributed by atoms with Crippen molar-refractivity contribution in [1.82, 2.24) is 20.1 Å². The summed E-state index contributed by atoms with van der Waals surface area (Å²) in [5.41, 5.74) is 3.65. The maximum Gasteiger partial charge on any atom is 0.251 e. The van der Waals surface area contributed by atoms with E-state index in [4.69, 9.17) is 16.3 Å². The van der Waals surface area contributed by atoms with Crippen LogP contribution in [0, 0.1) is 6.92 Å². The van der Waals surface area contributed by atoms with Crippen LogP contribution in [0.4, 0.5) is 0 Å². The number of hydrogen-bond donors (Lipinski definition) is 1. The Morgan fingerprint density at radius 2 is 1.82 bits per heavy atom. The van der Waals surface area contributed by atoms with E-state index in [1.165, 1.54) is 5.56 Å². The van der Waals surface area contributed by atoms with Crippen molar-refractivity contribution in [1.29, 1.82) is 0 Å². The molecule has 0 atom stereocenters. The molecule has 1 N–H and O–H groups in total. The van der Waals surface area contributed by atoms with Crippen LogP contribution >= 0.6 is 23.4 Å². The summed E-state index contributed by atoms with van der Waals surface area (Å²) >= 11 is 7.89. The third-order valence-electron chi connectivity index (χ3n) is 5.08. The number of carbonyl (C=O) groups excluding carboxylic acids is 1. The average molecular weight is 479 g/mol. The molecule has 3 aromatic carbocycles. The third-order valence-corrected chi connectivity index (χ3v) is 6.32. The Labute approximate surface area is 202 Å². The van der Waals surface area contributed by atoms with Crippen LogP contribution in [0.1, 0.15) is 27.3 Å². The van der Waals surface area contributed by atoms with E-state index >= 15 is 0 Å². The van der Waals surface area contributed by atoms with Crippen molar-refractivity contribution in [2.75, 3.05) is 7.11 Å². The first-order chi connectivity index (χ1) is 16.0. The molecule has 0 fully saturated rings. The van der Waals surface area contributed by atoms with Crippen molar-refractivity contribution in [3.05, 3.63) is 100 Å². The molecule has 0 spiro atoms. The van der Waals surface area contributed by atoms with Crippen molar-refractivity contribution >= 4 is 29.3 Å². The Kier molecular flexibility index (Phi) is 7.32. The number of aryl methyl sites for hydroxylation is 1. The van der Waals surface area contributed by atoms with Crippen LogP contribution in [-0.4, -0.2) is 27.8 Å². The molecule has 0 aliphatic carbocycles. The number of halogens is 1. The van der Waals surface area contributed by atoms with Crippen molar-refractivity contribution in [3.8, 4) is 11.4 Å². The summed E-state index contributed by atoms with van der Waals surface area (Å²) in [4.78, 5) is 12.7. The van der Waals surface area contributed by atoms with E-state index in [0.717, 1.165) is 22.2 Å². The van der Waals surface area contributed by atoms with Gasteiger partial charge in [0.1, 0.15) is 5.75 Å². The Morgan fingerprint density at radius 3 is 2.55 bits per heavy atom. The fourth-order valence-corrected chi connectivity index (χ4v) is 4.39. The van der Waals surface area contributed by atoms with E-state index in [9.17, 15) is 4.79 Å². The van der Waals surface area contributed by atoms with Gasteiger partial charge < -0.3 is 10.1 Å². The molecule has 0 aliphatic heterocycles. The predicted octanol–water partition coefficient (Wildman–Crippen LogP) is 5.46. The highest BCUT2D eigenvalue weighted by Gasteiger charge is 2.18. The minimum Gasteiger partial charge on any atom is -0.497 e. The van der Waals surface area contributed by atoms with E-state index in [0.29, 0.717) is 22.2 Å². The molecule has 168 valence electrons. The minimum atomic E-state index is -0.200. The molecule has 0 bridgehead atoms. The van der Waals surface area contributed by atoms with Gasteiger partial charge in [0.05, 0.1) is 19.3 Å². The number of rotatable bonds is 8. The number of nitrogens with zero attached hydrogens (tertiary/aromatic N) is 3. The minimum absolute atomic E-state index is 0.200. The summed E-state index contributed by atoms with van der Waals surface area (Å²) in [6.45, 7) is 2.23. The largest absolute Gasteiger partial charge is 0.497 e. The summed E-state index contributed by atoms with van der Waals surface area (Å²) in [5, 5.41) is 13.1. The normalized spacial score (nSPS) is 10.8. The molecule has 4 rings (SSSR count). The number of methoxy groups -OCH3 is 1. The Bertz CT molecular complexity index is 1240. The van der Waals surface area contributed by atoms with E-state index < -0.39 is 0 Å². The van der Waals surface area contributed by atoms with Gasteiger partial charge in [-0.2, -0.15) is 0 Å². The lowest BCUT2D eigenvalue weighted by molar-refractivity contribution is 0.0949. The van der Waals surface area contributed by atoms with Gasteiger partial charge in [0.15, 0.2) is 11.0 Å². The first kappa shape index (κ1) is 22.9. The van der Waals surface area contributed by atoms with Crippen LogP contribution in [0.5, 0.6) is 5.75 Å². The molecule has 0 aliphatic rings. The molecular weight excluding hydrogens is 456 g/mol. The molecule has 4 aromatic rings. The van der Waals surface area contributed by atoms with Gasteiger partial charge in [-0.3, -0.25) is 9.36 Å². The smallest absolute Gasteiger partial charge is 0.251 e. The Morgan fingerprint density at radius 1 is 1.06 bits per heavy atom. The van der Waals surface area contributed by atoms with E-state index in [-0.39, 0.29) is 12.5 Å². The molecule has 0 saturated heterocycles. The van der Waals surface area contributed by atoms with Crippen LogP contribution in [-0.2, 0) is 12.3 Å². The number of nitrogens with one attached hydrogen (secondary N) is 1. The molecule has 0 unspecified atom stereocenters. The SMILES string of the molecule is COc1ccc(C(=O)NCc2nnc(SCc3ccccc3)n2-c2cc(Cl)ccc2C)cc1. The Hall–Kier alpha value is -3.29. The van der Waals surface area contributed by atoms with Crippen molar-refractivity contribution in [3.63, 3.8) is 0 Å². The first-order valence-corrected chi connectivity index (χ1v) is 11.7. The summed E-state index contributed by atoms with van der Waals surface area (Å²) in [5.74, 6) is 1.87. The van der Waals surface area contributed by atoms with Crippen LogP contribution in [0.15, 0.2) is 78.0 Å². The zero-order chi connectivity index (χ0) is 23.2. The highest BCUT2D eigenvalue weighted by molar-refractivity contribution is 7.98. The van der Waals surface area contributed by atoms with Crippen molar-refractivity contribution in [2.45, 2.75) is 24.4 Å². The highest BCUT2D eigenvalue weighted by atomic mass is 35.5. The molecule has 33 heavy (non-hydrogen) atoms. The van der Waals surface area contributed by atoms with Crippen molar-refractivity contribution < 1.29 is 9.53 Å². The lowest BCUT2D eigenvalue weighted by atomic mass is 10.2. The standard InChI is InChI=1S/C25H23ClN4O2S/c1-17-8-11-20(26)14-22(17)30-23(15-27-24(31)19-9-12-21(32-2)13-10-19)28-29-25(30)33-16-18-6-4-3-5-7-18/h3-14H,15-16H2,1-2H3,(H,27,31). The third kappa shape index (κ3) is 5.56. The molecule has 0 saturated carbocycles. The van der Waals surface area contributed by atoms with Crippen LogP contribution in [0.3, 0.4) is 0 Å². The fraction of sp³-hybridized carbons (Fsp3) is 0.160. The summed E-state index contributed by atoms with van der Waals surface area (Å²) in [7, 11) is 1.59. The summed E-state index contributed by atoms with van der Waals surface area (Å²) in [6, 6.07) is 22.8. The first-order valence-electron chi connectivity index (χ1n) is 10.3. The second-order valence-corrected chi connectivity index (χ2v) is 8.73. The van der Waals surface area contributed by atoms with E-state index in [2.05, 4.69) is 27.6 Å². The van der Waals surface area contributed by atoms with Gasteiger partial charge in [-0.25, -0.2) is 0 Å². The zero-order valence-electron chi connectivity index (χ0n) is 18.3. The van der Waals surface area contributed by atoms with Gasteiger partial charge in [0, 0.05) is 16.3 Å². The molecule has 1 heterocycles. The maximum absolute atomic E-state index is 12.7. The van der Waals surface area contributed by atoms with Crippen LogP contribution in [0.2, 0.25) is 5.02 Å². The molecular formula is C25H23ClN4O2S. The number of amides is 1. The topological polar surface area (TPSA) is 69.0 Å². The number of benzene rings is 3. The second kappa shape index (κ2) is 10.6. The van der Waals surface area contributed by atoms with Crippen LogP contribution < -0.4 is 10.1 Å². The predicted molar refractivity (Wildman–Crippen MR) is 131 cm³/mol. The lowest BCUT2D eigenvalue weighted by Gasteiger charge is -2.14. The quantitative estimate of drug-likeness (QED) is 0.340. The van der Waals surface area contributed by atoms with E-state index in [1.807, 2.05) is 47.9 Å². The second-order valence-electron chi connectivity index (χ2n) is 7.35. The Balaban J connectivity index is 1.59. The fourth-order valence-electron chi connectivity index (χ4n) is 3.30. The zero-order valence-corrected chi connectivity index (χ0v) is 19.9.